The fraction of sp³-hybridized carbons (Fsp3) is 0.200. The number of ether oxygens (including phenoxy) is 1. The second kappa shape index (κ2) is 7.36. The molecule has 0 atom stereocenters. The zero-order chi connectivity index (χ0) is 19.6. The summed E-state index contributed by atoms with van der Waals surface area (Å²) < 4.78 is 30.2. The quantitative estimate of drug-likeness (QED) is 0.631. The van der Waals surface area contributed by atoms with Crippen LogP contribution in [0.15, 0.2) is 59.5 Å². The molecule has 0 saturated carbocycles. The topological polar surface area (TPSA) is 78.3 Å². The largest absolute Gasteiger partial charge is 0.457 e. The number of benzene rings is 2. The second-order valence-electron chi connectivity index (χ2n) is 6.27. The van der Waals surface area contributed by atoms with E-state index < -0.39 is 15.8 Å². The number of aromatic nitrogens is 2. The number of carbonyl (C=O) groups is 1. The number of rotatable bonds is 5. The molecule has 0 spiro atoms. The summed E-state index contributed by atoms with van der Waals surface area (Å²) >= 11 is 0. The van der Waals surface area contributed by atoms with E-state index in [4.69, 9.17) is 4.74 Å². The molecule has 0 aliphatic heterocycles. The van der Waals surface area contributed by atoms with E-state index in [1.165, 1.54) is 24.3 Å². The zero-order valence-electron chi connectivity index (χ0n) is 15.3. The molecule has 1 aromatic heterocycles. The molecule has 0 aliphatic carbocycles. The Morgan fingerprint density at radius 3 is 2.26 bits per heavy atom. The van der Waals surface area contributed by atoms with E-state index in [1.54, 1.807) is 0 Å². The average molecular weight is 384 g/mol. The molecule has 0 radical (unpaired) electrons. The van der Waals surface area contributed by atoms with Crippen LogP contribution in [0.25, 0.3) is 5.69 Å². The summed E-state index contributed by atoms with van der Waals surface area (Å²) in [7, 11) is -3.30. The van der Waals surface area contributed by atoms with Gasteiger partial charge in [0, 0.05) is 17.5 Å². The predicted molar refractivity (Wildman–Crippen MR) is 102 cm³/mol. The number of sulfone groups is 1. The first-order chi connectivity index (χ1) is 12.8. The Bertz CT molecular complexity index is 1070. The minimum absolute atomic E-state index is 0.0944. The van der Waals surface area contributed by atoms with Crippen molar-refractivity contribution in [3.05, 3.63) is 77.1 Å². The Labute approximate surface area is 158 Å². The van der Waals surface area contributed by atoms with E-state index >= 15 is 0 Å². The number of para-hydroxylation sites is 1. The van der Waals surface area contributed by atoms with Crippen molar-refractivity contribution in [2.24, 2.45) is 0 Å². The van der Waals surface area contributed by atoms with E-state index in [0.29, 0.717) is 5.56 Å². The van der Waals surface area contributed by atoms with Gasteiger partial charge in [-0.25, -0.2) is 17.9 Å². The van der Waals surface area contributed by atoms with E-state index in [-0.39, 0.29) is 11.5 Å². The third-order valence-electron chi connectivity index (χ3n) is 4.31. The van der Waals surface area contributed by atoms with Crippen LogP contribution in [0.3, 0.4) is 0 Å². The third-order valence-corrected chi connectivity index (χ3v) is 5.44. The van der Waals surface area contributed by atoms with Gasteiger partial charge in [0.2, 0.25) is 0 Å². The Balaban J connectivity index is 1.75. The number of nitrogens with zero attached hydrogens (tertiary/aromatic N) is 2. The van der Waals surface area contributed by atoms with Gasteiger partial charge in [-0.1, -0.05) is 18.2 Å². The highest BCUT2D eigenvalue weighted by molar-refractivity contribution is 7.90. The van der Waals surface area contributed by atoms with Crippen molar-refractivity contribution < 1.29 is 17.9 Å². The van der Waals surface area contributed by atoms with Gasteiger partial charge in [0.05, 0.1) is 21.8 Å². The predicted octanol–water partition coefficient (Wildman–Crippen LogP) is 3.25. The van der Waals surface area contributed by atoms with Crippen LogP contribution in [0.4, 0.5) is 0 Å². The zero-order valence-corrected chi connectivity index (χ0v) is 16.2. The maximum atomic E-state index is 12.3. The van der Waals surface area contributed by atoms with Crippen molar-refractivity contribution in [2.45, 2.75) is 25.3 Å². The molecule has 0 unspecified atom stereocenters. The highest BCUT2D eigenvalue weighted by atomic mass is 32.2. The summed E-state index contributed by atoms with van der Waals surface area (Å²) in [6.07, 6.45) is 1.12. The number of aryl methyl sites for hydroxylation is 1. The molecule has 7 heteroatoms. The van der Waals surface area contributed by atoms with Crippen molar-refractivity contribution in [2.75, 3.05) is 6.26 Å². The molecule has 6 nitrogen and oxygen atoms in total. The molecule has 0 aliphatic rings. The first-order valence-electron chi connectivity index (χ1n) is 8.35. The van der Waals surface area contributed by atoms with Gasteiger partial charge in [0.1, 0.15) is 6.61 Å². The Hall–Kier alpha value is -2.93. The van der Waals surface area contributed by atoms with Crippen LogP contribution in [-0.4, -0.2) is 30.4 Å². The normalized spacial score (nSPS) is 11.4. The second-order valence-corrected chi connectivity index (χ2v) is 8.29. The smallest absolute Gasteiger partial charge is 0.338 e. The van der Waals surface area contributed by atoms with Crippen LogP contribution in [0, 0.1) is 13.8 Å². The van der Waals surface area contributed by atoms with E-state index in [2.05, 4.69) is 5.10 Å². The van der Waals surface area contributed by atoms with Crippen LogP contribution < -0.4 is 0 Å². The molecule has 0 N–H and O–H groups in total. The fourth-order valence-corrected chi connectivity index (χ4v) is 3.39. The summed E-state index contributed by atoms with van der Waals surface area (Å²) in [4.78, 5) is 12.4. The average Bonchev–Trinajstić information content (AvgIpc) is 2.94. The highest BCUT2D eigenvalue weighted by Gasteiger charge is 2.16. The monoisotopic (exact) mass is 384 g/mol. The Morgan fingerprint density at radius 1 is 1.04 bits per heavy atom. The van der Waals surface area contributed by atoms with Gasteiger partial charge < -0.3 is 4.74 Å². The van der Waals surface area contributed by atoms with E-state index in [1.807, 2.05) is 48.9 Å². The van der Waals surface area contributed by atoms with E-state index in [0.717, 1.165) is 28.9 Å². The van der Waals surface area contributed by atoms with Gasteiger partial charge in [-0.15, -0.1) is 0 Å². The lowest BCUT2D eigenvalue weighted by atomic mass is 10.2. The number of hydrogen-bond acceptors (Lipinski definition) is 5. The van der Waals surface area contributed by atoms with Crippen molar-refractivity contribution in [1.29, 1.82) is 0 Å². The summed E-state index contributed by atoms with van der Waals surface area (Å²) in [5.74, 6) is -0.513. The molecule has 0 saturated heterocycles. The van der Waals surface area contributed by atoms with Crippen molar-refractivity contribution in [3.8, 4) is 5.69 Å². The molecule has 3 rings (SSSR count). The SMILES string of the molecule is Cc1nn(-c2ccccc2)c(C)c1COC(=O)c1ccc(S(C)(=O)=O)cc1. The van der Waals surface area contributed by atoms with Gasteiger partial charge in [-0.05, 0) is 50.2 Å². The number of esters is 1. The summed E-state index contributed by atoms with van der Waals surface area (Å²) in [6, 6.07) is 15.4. The highest BCUT2D eigenvalue weighted by Crippen LogP contribution is 2.19. The first kappa shape index (κ1) is 18.8. The third kappa shape index (κ3) is 4.09. The van der Waals surface area contributed by atoms with Crippen LogP contribution in [0.1, 0.15) is 27.3 Å². The van der Waals surface area contributed by atoms with Crippen LogP contribution in [0.5, 0.6) is 0 Å². The fourth-order valence-electron chi connectivity index (χ4n) is 2.76. The van der Waals surface area contributed by atoms with Gasteiger partial charge in [-0.3, -0.25) is 0 Å². The number of carbonyl (C=O) groups excluding carboxylic acids is 1. The van der Waals surface area contributed by atoms with Gasteiger partial charge in [0.15, 0.2) is 9.84 Å². The maximum Gasteiger partial charge on any atom is 0.338 e. The number of hydrogen-bond donors (Lipinski definition) is 0. The van der Waals surface area contributed by atoms with Crippen molar-refractivity contribution in [1.82, 2.24) is 9.78 Å². The molecule has 140 valence electrons. The molecule has 0 amide bonds. The van der Waals surface area contributed by atoms with Gasteiger partial charge in [0.25, 0.3) is 0 Å². The van der Waals surface area contributed by atoms with Crippen molar-refractivity contribution >= 4 is 15.8 Å². The minimum Gasteiger partial charge on any atom is -0.457 e. The molecule has 2 aromatic carbocycles. The van der Waals surface area contributed by atoms with Crippen molar-refractivity contribution in [3.63, 3.8) is 0 Å². The molecule has 3 aromatic rings. The van der Waals surface area contributed by atoms with E-state index in [9.17, 15) is 13.2 Å². The molecule has 1 heterocycles. The summed E-state index contributed by atoms with van der Waals surface area (Å²) in [5, 5.41) is 4.53. The Morgan fingerprint density at radius 2 is 1.67 bits per heavy atom. The molecule has 27 heavy (non-hydrogen) atoms. The minimum atomic E-state index is -3.30. The standard InChI is InChI=1S/C20H20N2O4S/c1-14-19(15(2)22(21-14)17-7-5-4-6-8-17)13-26-20(23)16-9-11-18(12-10-16)27(3,24)25/h4-12H,13H2,1-3H3. The van der Waals surface area contributed by atoms with Crippen LogP contribution in [0.2, 0.25) is 0 Å². The molecule has 0 bridgehead atoms. The van der Waals surface area contributed by atoms with Gasteiger partial charge in [-0.2, -0.15) is 5.10 Å². The molecular formula is C20H20N2O4S. The maximum absolute atomic E-state index is 12.3. The summed E-state index contributed by atoms with van der Waals surface area (Å²) in [6.45, 7) is 3.89. The van der Waals surface area contributed by atoms with Gasteiger partial charge >= 0.3 is 5.97 Å². The van der Waals surface area contributed by atoms with Crippen LogP contribution >= 0.6 is 0 Å². The Kier molecular flexibility index (Phi) is 5.14. The lowest BCUT2D eigenvalue weighted by Crippen LogP contribution is -2.07. The molecule has 0 fully saturated rings. The molecular weight excluding hydrogens is 364 g/mol. The van der Waals surface area contributed by atoms with Crippen LogP contribution in [-0.2, 0) is 21.2 Å². The lowest BCUT2D eigenvalue weighted by molar-refractivity contribution is 0.0471. The lowest BCUT2D eigenvalue weighted by Gasteiger charge is -2.07. The first-order valence-corrected chi connectivity index (χ1v) is 10.2. The summed E-state index contributed by atoms with van der Waals surface area (Å²) in [5.41, 5.74) is 3.77.